The van der Waals surface area contributed by atoms with Gasteiger partial charge in [0.15, 0.2) is 0 Å². The second kappa shape index (κ2) is 47.7. The Balaban J connectivity index is -0.000000306. The molecular formula is C58H82. The minimum atomic E-state index is 1.28. The van der Waals surface area contributed by atoms with Gasteiger partial charge in [0.1, 0.15) is 0 Å². The lowest BCUT2D eigenvalue weighted by Gasteiger charge is -2.00. The lowest BCUT2D eigenvalue weighted by atomic mass is 10.0. The van der Waals surface area contributed by atoms with Crippen LogP contribution < -0.4 is 0 Å². The van der Waals surface area contributed by atoms with E-state index in [0.29, 0.717) is 0 Å². The molecule has 0 aliphatic rings. The minimum absolute atomic E-state index is 1.28. The smallest absolute Gasteiger partial charge is 0.0178 e. The second-order valence-corrected chi connectivity index (χ2v) is 9.78. The largest absolute Gasteiger partial charge is 0.0683 e. The molecule has 8 aromatic carbocycles. The van der Waals surface area contributed by atoms with Gasteiger partial charge in [0.05, 0.1) is 0 Å². The maximum atomic E-state index is 2.24. The predicted octanol–water partition coefficient (Wildman–Crippen LogP) is 20.1. The van der Waals surface area contributed by atoms with E-state index in [-0.39, 0.29) is 0 Å². The zero-order valence-electron chi connectivity index (χ0n) is 39.6. The molecule has 58 heavy (non-hydrogen) atoms. The Morgan fingerprint density at radius 1 is 0.155 bits per heavy atom. The van der Waals surface area contributed by atoms with Crippen molar-refractivity contribution < 1.29 is 0 Å². The Kier molecular flexibility index (Phi) is 48.7. The summed E-state index contributed by atoms with van der Waals surface area (Å²) in [6, 6.07) is 70.9. The topological polar surface area (TPSA) is 0 Å². The van der Waals surface area contributed by atoms with Crippen LogP contribution in [0.3, 0.4) is 0 Å². The Labute approximate surface area is 359 Å². The molecule has 0 atom stereocenters. The number of hydrogen-bond donors (Lipinski definition) is 0. The Hall–Kier alpha value is -5.46. The average Bonchev–Trinajstić information content (AvgIpc) is 3.37. The molecule has 8 aromatic rings. The molecule has 0 saturated heterocycles. The first-order chi connectivity index (χ1) is 28.9. The van der Waals surface area contributed by atoms with Gasteiger partial charge < -0.3 is 0 Å². The molecule has 0 unspecified atom stereocenters. The predicted molar refractivity (Wildman–Crippen MR) is 275 cm³/mol. The molecule has 0 amide bonds. The molecule has 0 N–H and O–H groups in total. The van der Waals surface area contributed by atoms with Crippen LogP contribution in [0.25, 0.3) is 43.4 Å². The first kappa shape index (κ1) is 59.2. The summed E-state index contributed by atoms with van der Waals surface area (Å²) < 4.78 is 0. The van der Waals surface area contributed by atoms with E-state index in [1.807, 2.05) is 159 Å². The molecular weight excluding hydrogens is 697 g/mol. The summed E-state index contributed by atoms with van der Waals surface area (Å²) in [5.74, 6) is 0. The second-order valence-electron chi connectivity index (χ2n) is 9.78. The molecule has 314 valence electrons. The maximum absolute atomic E-state index is 2.24. The van der Waals surface area contributed by atoms with Gasteiger partial charge >= 0.3 is 0 Å². The highest BCUT2D eigenvalue weighted by Gasteiger charge is 1.95. The van der Waals surface area contributed by atoms with Crippen LogP contribution in [0, 0.1) is 0 Å². The van der Waals surface area contributed by atoms with E-state index in [1.165, 1.54) is 43.4 Å². The maximum Gasteiger partial charge on any atom is -0.0178 e. The molecule has 0 saturated carbocycles. The molecule has 0 aliphatic carbocycles. The number of fused-ring (bicyclic) bond motifs is 3. The van der Waals surface area contributed by atoms with Gasteiger partial charge in [-0.3, -0.25) is 0 Å². The van der Waals surface area contributed by atoms with Crippen molar-refractivity contribution in [3.8, 4) is 11.1 Å². The third-order valence-electron chi connectivity index (χ3n) is 6.82. The van der Waals surface area contributed by atoms with Gasteiger partial charge in [-0.2, -0.15) is 0 Å². The Morgan fingerprint density at radius 3 is 0.483 bits per heavy atom. The van der Waals surface area contributed by atoms with Crippen molar-refractivity contribution in [3.05, 3.63) is 206 Å². The summed E-state index contributed by atoms with van der Waals surface area (Å²) in [6.45, 7) is 32.0. The van der Waals surface area contributed by atoms with Crippen LogP contribution in [0.1, 0.15) is 111 Å². The Bertz CT molecular complexity index is 1670. The van der Waals surface area contributed by atoms with Crippen molar-refractivity contribution in [2.75, 3.05) is 0 Å². The van der Waals surface area contributed by atoms with E-state index in [1.54, 1.807) is 0 Å². The molecule has 0 aromatic heterocycles. The van der Waals surface area contributed by atoms with Gasteiger partial charge in [-0.1, -0.05) is 305 Å². The zero-order valence-corrected chi connectivity index (χ0v) is 39.6. The van der Waals surface area contributed by atoms with Crippen molar-refractivity contribution in [3.63, 3.8) is 0 Å². The highest BCUT2D eigenvalue weighted by molar-refractivity contribution is 5.98. The quantitative estimate of drug-likeness (QED) is 0.146. The lowest BCUT2D eigenvalue weighted by molar-refractivity contribution is 1.50. The van der Waals surface area contributed by atoms with Crippen molar-refractivity contribution in [2.45, 2.75) is 111 Å². The van der Waals surface area contributed by atoms with E-state index >= 15 is 0 Å². The van der Waals surface area contributed by atoms with Gasteiger partial charge in [-0.15, -0.1) is 0 Å². The van der Waals surface area contributed by atoms with Crippen LogP contribution in [-0.2, 0) is 0 Å². The van der Waals surface area contributed by atoms with Crippen LogP contribution in [0.5, 0.6) is 0 Å². The summed E-state index contributed by atoms with van der Waals surface area (Å²) in [4.78, 5) is 0. The molecule has 0 nitrogen and oxygen atoms in total. The van der Waals surface area contributed by atoms with Crippen molar-refractivity contribution >= 4 is 32.3 Å². The van der Waals surface area contributed by atoms with Crippen LogP contribution in [0.2, 0.25) is 0 Å². The summed E-state index contributed by atoms with van der Waals surface area (Å²) in [5.41, 5.74) is 2.55. The normalized spacial score (nSPS) is 8.00. The summed E-state index contributed by atoms with van der Waals surface area (Å²) in [7, 11) is 0. The van der Waals surface area contributed by atoms with Crippen LogP contribution in [-0.4, -0.2) is 0 Å². The molecule has 0 spiro atoms. The Morgan fingerprint density at radius 2 is 0.293 bits per heavy atom. The molecule has 0 heteroatoms. The van der Waals surface area contributed by atoms with Crippen LogP contribution in [0.15, 0.2) is 206 Å². The highest BCUT2D eigenvalue weighted by atomic mass is 14.0. The van der Waals surface area contributed by atoms with E-state index in [0.717, 1.165) is 0 Å². The fourth-order valence-corrected chi connectivity index (χ4v) is 4.66. The van der Waals surface area contributed by atoms with Crippen molar-refractivity contribution in [1.82, 2.24) is 0 Å². The van der Waals surface area contributed by atoms with E-state index in [2.05, 4.69) is 158 Å². The molecule has 8 rings (SSSR count). The van der Waals surface area contributed by atoms with Crippen LogP contribution >= 0.6 is 0 Å². The molecule has 0 heterocycles. The number of hydrogen-bond acceptors (Lipinski definition) is 0. The number of rotatable bonds is 1. The van der Waals surface area contributed by atoms with E-state index < -0.39 is 0 Å². The number of benzene rings is 8. The van der Waals surface area contributed by atoms with Gasteiger partial charge in [0, 0.05) is 0 Å². The third-order valence-corrected chi connectivity index (χ3v) is 6.82. The summed E-state index contributed by atoms with van der Waals surface area (Å²) in [5, 5.41) is 7.87. The molecule has 0 aliphatic heterocycles. The fourth-order valence-electron chi connectivity index (χ4n) is 4.66. The van der Waals surface area contributed by atoms with Gasteiger partial charge in [0.2, 0.25) is 0 Å². The zero-order chi connectivity index (χ0) is 44.7. The highest BCUT2D eigenvalue weighted by Crippen LogP contribution is 2.22. The summed E-state index contributed by atoms with van der Waals surface area (Å²) in [6.07, 6.45) is 0. The monoisotopic (exact) mass is 779 g/mol. The molecule has 0 bridgehead atoms. The SMILES string of the molecule is CC.CC.CC.CC.CC.CC.CC.CC.c1ccc(-c2ccccc2)cc1.c1ccc2cc3ccccc3cc2c1.c1ccc2ccccc2c1.c1ccccc1. The third kappa shape index (κ3) is 26.4. The van der Waals surface area contributed by atoms with Gasteiger partial charge in [0.25, 0.3) is 0 Å². The summed E-state index contributed by atoms with van der Waals surface area (Å²) >= 11 is 0. The first-order valence-electron chi connectivity index (χ1n) is 22.3. The van der Waals surface area contributed by atoms with E-state index in [9.17, 15) is 0 Å². The van der Waals surface area contributed by atoms with Crippen LogP contribution in [0.4, 0.5) is 0 Å². The molecule has 0 radical (unpaired) electrons. The average molecular weight is 779 g/mol. The molecule has 0 fully saturated rings. The fraction of sp³-hybridized carbons (Fsp3) is 0.276. The van der Waals surface area contributed by atoms with Crippen molar-refractivity contribution in [1.29, 1.82) is 0 Å². The first-order valence-corrected chi connectivity index (χ1v) is 22.3. The lowest BCUT2D eigenvalue weighted by Crippen LogP contribution is -1.74. The van der Waals surface area contributed by atoms with E-state index in [4.69, 9.17) is 0 Å². The minimum Gasteiger partial charge on any atom is -0.0683 e. The standard InChI is InChI=1S/C14H10.C12H10.C10H8.C6H6.8C2H6/c1-2-6-12-10-14-8-4-3-7-13(14)9-11(12)5-1;1-3-7-11(8-4-1)12-9-5-2-6-10-12;1-2-6-10-8-4-3-7-9(10)5-1;1-2-4-6-5-3-1;8*1-2/h1-10H;1-10H;1-8H;1-6H;8*1-2H3. The van der Waals surface area contributed by atoms with Gasteiger partial charge in [-0.05, 0) is 55.6 Å². The van der Waals surface area contributed by atoms with Gasteiger partial charge in [-0.25, -0.2) is 0 Å². The van der Waals surface area contributed by atoms with Crippen molar-refractivity contribution in [2.24, 2.45) is 0 Å².